The minimum atomic E-state index is 0.357. The predicted octanol–water partition coefficient (Wildman–Crippen LogP) is 0.823. The molecule has 1 aromatic rings. The smallest absolute Gasteiger partial charge is 0.0634 e. The SMILES string of the molecule is ClCC1COCCN1CCn1cccn1. The lowest BCUT2D eigenvalue weighted by atomic mass is 10.2. The van der Waals surface area contributed by atoms with Gasteiger partial charge in [-0.1, -0.05) is 0 Å². The summed E-state index contributed by atoms with van der Waals surface area (Å²) in [5.74, 6) is 0.638. The number of rotatable bonds is 4. The molecular weight excluding hydrogens is 214 g/mol. The van der Waals surface area contributed by atoms with Crippen LogP contribution in [0.4, 0.5) is 0 Å². The summed E-state index contributed by atoms with van der Waals surface area (Å²) in [7, 11) is 0. The number of aromatic nitrogens is 2. The summed E-state index contributed by atoms with van der Waals surface area (Å²) in [4.78, 5) is 2.37. The first-order valence-corrected chi connectivity index (χ1v) is 5.79. The van der Waals surface area contributed by atoms with Gasteiger partial charge in [-0.05, 0) is 6.07 Å². The average molecular weight is 230 g/mol. The third-order valence-corrected chi connectivity index (χ3v) is 3.06. The molecule has 4 nitrogen and oxygen atoms in total. The lowest BCUT2D eigenvalue weighted by Crippen LogP contribution is -2.47. The molecule has 0 aliphatic carbocycles. The Morgan fingerprint density at radius 2 is 2.40 bits per heavy atom. The molecule has 0 saturated carbocycles. The van der Waals surface area contributed by atoms with Crippen molar-refractivity contribution in [3.8, 4) is 0 Å². The third-order valence-electron chi connectivity index (χ3n) is 2.70. The van der Waals surface area contributed by atoms with Gasteiger partial charge in [-0.2, -0.15) is 5.10 Å². The zero-order valence-electron chi connectivity index (χ0n) is 8.68. The number of nitrogens with zero attached hydrogens (tertiary/aromatic N) is 3. The van der Waals surface area contributed by atoms with Gasteiger partial charge in [0.15, 0.2) is 0 Å². The lowest BCUT2D eigenvalue weighted by Gasteiger charge is -2.34. The molecule has 1 saturated heterocycles. The predicted molar refractivity (Wildman–Crippen MR) is 59.1 cm³/mol. The van der Waals surface area contributed by atoms with Gasteiger partial charge >= 0.3 is 0 Å². The van der Waals surface area contributed by atoms with E-state index >= 15 is 0 Å². The van der Waals surface area contributed by atoms with Gasteiger partial charge < -0.3 is 4.74 Å². The van der Waals surface area contributed by atoms with E-state index in [1.165, 1.54) is 0 Å². The number of hydrogen-bond acceptors (Lipinski definition) is 3. The van der Waals surface area contributed by atoms with Crippen molar-refractivity contribution < 1.29 is 4.74 Å². The summed E-state index contributed by atoms with van der Waals surface area (Å²) < 4.78 is 7.34. The molecule has 0 aromatic carbocycles. The molecule has 1 atom stereocenters. The van der Waals surface area contributed by atoms with Crippen LogP contribution in [0.3, 0.4) is 0 Å². The van der Waals surface area contributed by atoms with E-state index in [0.717, 1.165) is 32.8 Å². The van der Waals surface area contributed by atoms with Crippen LogP contribution in [0.25, 0.3) is 0 Å². The van der Waals surface area contributed by atoms with E-state index in [4.69, 9.17) is 16.3 Å². The van der Waals surface area contributed by atoms with E-state index in [1.807, 2.05) is 16.9 Å². The van der Waals surface area contributed by atoms with Crippen molar-refractivity contribution in [2.45, 2.75) is 12.6 Å². The van der Waals surface area contributed by atoms with Crippen LogP contribution < -0.4 is 0 Å². The van der Waals surface area contributed by atoms with Crippen molar-refractivity contribution in [3.05, 3.63) is 18.5 Å². The second kappa shape index (κ2) is 5.49. The maximum atomic E-state index is 5.89. The normalized spacial score (nSPS) is 23.1. The lowest BCUT2D eigenvalue weighted by molar-refractivity contribution is -0.000720. The Bertz CT molecular complexity index is 278. The summed E-state index contributed by atoms with van der Waals surface area (Å²) in [5.41, 5.74) is 0. The summed E-state index contributed by atoms with van der Waals surface area (Å²) in [5, 5.41) is 4.18. The standard InChI is InChI=1S/C10H16ClN3O/c11-8-10-9-15-7-6-13(10)4-5-14-3-1-2-12-14/h1-3,10H,4-9H2. The molecule has 0 spiro atoms. The first-order valence-electron chi connectivity index (χ1n) is 5.25. The summed E-state index contributed by atoms with van der Waals surface area (Å²) in [6.07, 6.45) is 3.79. The van der Waals surface area contributed by atoms with Gasteiger partial charge in [0.2, 0.25) is 0 Å². The van der Waals surface area contributed by atoms with E-state index in [9.17, 15) is 0 Å². The van der Waals surface area contributed by atoms with Crippen molar-refractivity contribution in [1.82, 2.24) is 14.7 Å². The quantitative estimate of drug-likeness (QED) is 0.717. The Hall–Kier alpha value is -0.580. The Balaban J connectivity index is 1.81. The highest BCUT2D eigenvalue weighted by molar-refractivity contribution is 6.18. The maximum Gasteiger partial charge on any atom is 0.0634 e. The maximum absolute atomic E-state index is 5.89. The Morgan fingerprint density at radius 1 is 1.47 bits per heavy atom. The Kier molecular flexibility index (Phi) is 4.00. The van der Waals surface area contributed by atoms with Gasteiger partial charge in [-0.3, -0.25) is 9.58 Å². The van der Waals surface area contributed by atoms with Gasteiger partial charge in [0, 0.05) is 37.4 Å². The largest absolute Gasteiger partial charge is 0.378 e. The molecular formula is C10H16ClN3O. The number of hydrogen-bond donors (Lipinski definition) is 0. The van der Waals surface area contributed by atoms with Crippen LogP contribution in [0.2, 0.25) is 0 Å². The third kappa shape index (κ3) is 2.93. The molecule has 1 aromatic heterocycles. The number of halogens is 1. The second-order valence-corrected chi connectivity index (χ2v) is 4.00. The molecule has 15 heavy (non-hydrogen) atoms. The minimum absolute atomic E-state index is 0.357. The Morgan fingerprint density at radius 3 is 3.13 bits per heavy atom. The van der Waals surface area contributed by atoms with E-state index in [2.05, 4.69) is 10.00 Å². The highest BCUT2D eigenvalue weighted by atomic mass is 35.5. The van der Waals surface area contributed by atoms with Crippen LogP contribution in [-0.2, 0) is 11.3 Å². The molecule has 1 aliphatic heterocycles. The van der Waals surface area contributed by atoms with Crippen LogP contribution in [0.15, 0.2) is 18.5 Å². The van der Waals surface area contributed by atoms with Crippen LogP contribution in [0.1, 0.15) is 0 Å². The van der Waals surface area contributed by atoms with Crippen LogP contribution >= 0.6 is 11.6 Å². The van der Waals surface area contributed by atoms with E-state index < -0.39 is 0 Å². The van der Waals surface area contributed by atoms with Crippen LogP contribution in [-0.4, -0.2) is 52.9 Å². The summed E-state index contributed by atoms with van der Waals surface area (Å²) >= 11 is 5.89. The fourth-order valence-corrected chi connectivity index (χ4v) is 2.07. The number of ether oxygens (including phenoxy) is 1. The molecule has 0 N–H and O–H groups in total. The average Bonchev–Trinajstić information content (AvgIpc) is 2.79. The minimum Gasteiger partial charge on any atom is -0.378 e. The monoisotopic (exact) mass is 229 g/mol. The molecule has 1 unspecified atom stereocenters. The van der Waals surface area contributed by atoms with Gasteiger partial charge in [0.1, 0.15) is 0 Å². The fraction of sp³-hybridized carbons (Fsp3) is 0.700. The summed E-state index contributed by atoms with van der Waals surface area (Å²) in [6.45, 7) is 4.44. The number of morpholine rings is 1. The van der Waals surface area contributed by atoms with Crippen LogP contribution in [0, 0.1) is 0 Å². The molecule has 0 radical (unpaired) electrons. The van der Waals surface area contributed by atoms with Gasteiger partial charge in [0.25, 0.3) is 0 Å². The van der Waals surface area contributed by atoms with Crippen molar-refractivity contribution in [2.75, 3.05) is 32.2 Å². The molecule has 0 amide bonds. The van der Waals surface area contributed by atoms with Crippen molar-refractivity contribution in [1.29, 1.82) is 0 Å². The zero-order valence-corrected chi connectivity index (χ0v) is 9.44. The molecule has 5 heteroatoms. The Labute approximate surface area is 94.8 Å². The number of alkyl halides is 1. The van der Waals surface area contributed by atoms with Crippen molar-refractivity contribution in [2.24, 2.45) is 0 Å². The molecule has 2 heterocycles. The first-order chi connectivity index (χ1) is 7.40. The highest BCUT2D eigenvalue weighted by Gasteiger charge is 2.21. The fourth-order valence-electron chi connectivity index (χ4n) is 1.79. The molecule has 1 aliphatic rings. The van der Waals surface area contributed by atoms with Crippen LogP contribution in [0.5, 0.6) is 0 Å². The van der Waals surface area contributed by atoms with E-state index in [-0.39, 0.29) is 0 Å². The van der Waals surface area contributed by atoms with Gasteiger partial charge in [-0.15, -0.1) is 11.6 Å². The molecule has 84 valence electrons. The van der Waals surface area contributed by atoms with Gasteiger partial charge in [-0.25, -0.2) is 0 Å². The van der Waals surface area contributed by atoms with Crippen molar-refractivity contribution >= 4 is 11.6 Å². The van der Waals surface area contributed by atoms with E-state index in [0.29, 0.717) is 11.9 Å². The van der Waals surface area contributed by atoms with Crippen molar-refractivity contribution in [3.63, 3.8) is 0 Å². The highest BCUT2D eigenvalue weighted by Crippen LogP contribution is 2.08. The summed E-state index contributed by atoms with van der Waals surface area (Å²) in [6, 6.07) is 2.30. The van der Waals surface area contributed by atoms with E-state index in [1.54, 1.807) is 6.20 Å². The molecule has 1 fully saturated rings. The second-order valence-electron chi connectivity index (χ2n) is 3.69. The first kappa shape index (κ1) is 10.9. The molecule has 0 bridgehead atoms. The van der Waals surface area contributed by atoms with Gasteiger partial charge in [0.05, 0.1) is 19.8 Å². The topological polar surface area (TPSA) is 30.3 Å². The molecule has 2 rings (SSSR count). The zero-order chi connectivity index (χ0) is 10.5.